The number of nitrogens with one attached hydrogen (secondary N) is 3. The zero-order valence-electron chi connectivity index (χ0n) is 22.5. The summed E-state index contributed by atoms with van der Waals surface area (Å²) in [6, 6.07) is 6.90. The maximum atomic E-state index is 12.2. The molecule has 12 heteroatoms. The SMILES string of the molecule is C=CC(=O)Nc1cc(Nc2nccc(-c3cc(C(C)=O)c(NC)nn3)n2)c(OC)cc1N(C)CCN(C)C. The topological polar surface area (TPSA) is 138 Å². The molecule has 0 aliphatic rings. The van der Waals surface area contributed by atoms with Crippen LogP contribution in [0.3, 0.4) is 0 Å². The monoisotopic (exact) mass is 519 g/mol. The maximum Gasteiger partial charge on any atom is 0.247 e. The highest BCUT2D eigenvalue weighted by molar-refractivity contribution is 6.02. The number of rotatable bonds is 12. The van der Waals surface area contributed by atoms with Crippen molar-refractivity contribution in [2.45, 2.75) is 6.92 Å². The third-order valence-electron chi connectivity index (χ3n) is 5.63. The van der Waals surface area contributed by atoms with Crippen LogP contribution in [0, 0.1) is 0 Å². The van der Waals surface area contributed by atoms with Crippen molar-refractivity contribution in [3.05, 3.63) is 48.7 Å². The lowest BCUT2D eigenvalue weighted by molar-refractivity contribution is -0.111. The van der Waals surface area contributed by atoms with E-state index in [0.29, 0.717) is 39.9 Å². The number of carbonyl (C=O) groups excluding carboxylic acids is 2. The van der Waals surface area contributed by atoms with Gasteiger partial charge in [0.25, 0.3) is 0 Å². The molecule has 1 amide bonds. The number of amides is 1. The van der Waals surface area contributed by atoms with Crippen LogP contribution in [0.15, 0.2) is 43.1 Å². The zero-order chi connectivity index (χ0) is 27.8. The summed E-state index contributed by atoms with van der Waals surface area (Å²) >= 11 is 0. The van der Waals surface area contributed by atoms with E-state index in [2.05, 4.69) is 47.6 Å². The van der Waals surface area contributed by atoms with Crippen LogP contribution in [-0.2, 0) is 4.79 Å². The summed E-state index contributed by atoms with van der Waals surface area (Å²) in [7, 11) is 9.17. The Balaban J connectivity index is 1.99. The average Bonchev–Trinajstić information content (AvgIpc) is 2.91. The minimum Gasteiger partial charge on any atom is -0.494 e. The molecule has 2 heterocycles. The van der Waals surface area contributed by atoms with Crippen LogP contribution >= 0.6 is 0 Å². The van der Waals surface area contributed by atoms with E-state index in [1.807, 2.05) is 32.1 Å². The highest BCUT2D eigenvalue weighted by Gasteiger charge is 2.17. The normalized spacial score (nSPS) is 10.6. The molecule has 0 unspecified atom stereocenters. The molecule has 0 saturated heterocycles. The minimum atomic E-state index is -0.341. The lowest BCUT2D eigenvalue weighted by Gasteiger charge is -2.26. The third kappa shape index (κ3) is 6.79. The second kappa shape index (κ2) is 12.6. The van der Waals surface area contributed by atoms with E-state index in [0.717, 1.165) is 18.8 Å². The van der Waals surface area contributed by atoms with E-state index in [1.54, 1.807) is 38.6 Å². The van der Waals surface area contributed by atoms with Crippen LogP contribution in [0.1, 0.15) is 17.3 Å². The van der Waals surface area contributed by atoms with Gasteiger partial charge in [0.15, 0.2) is 11.6 Å². The number of hydrogen-bond acceptors (Lipinski definition) is 11. The number of hydrogen-bond donors (Lipinski definition) is 3. The second-order valence-electron chi connectivity index (χ2n) is 8.68. The molecule has 0 radical (unpaired) electrons. The summed E-state index contributed by atoms with van der Waals surface area (Å²) in [5.74, 6) is 0.695. The number of methoxy groups -OCH3 is 1. The number of nitrogens with zero attached hydrogens (tertiary/aromatic N) is 6. The Morgan fingerprint density at radius 1 is 1.08 bits per heavy atom. The number of Topliss-reactive ketones (excluding diaryl/α,β-unsaturated/α-hetero) is 1. The Hall–Kier alpha value is -4.58. The Labute approximate surface area is 222 Å². The smallest absolute Gasteiger partial charge is 0.247 e. The van der Waals surface area contributed by atoms with Gasteiger partial charge in [0.2, 0.25) is 11.9 Å². The van der Waals surface area contributed by atoms with Crippen molar-refractivity contribution < 1.29 is 14.3 Å². The van der Waals surface area contributed by atoms with Gasteiger partial charge in [-0.2, -0.15) is 0 Å². The number of aromatic nitrogens is 4. The summed E-state index contributed by atoms with van der Waals surface area (Å²) in [6.45, 7) is 6.56. The largest absolute Gasteiger partial charge is 0.494 e. The summed E-state index contributed by atoms with van der Waals surface area (Å²) < 4.78 is 5.65. The van der Waals surface area contributed by atoms with Crippen LogP contribution in [0.4, 0.5) is 28.8 Å². The van der Waals surface area contributed by atoms with Gasteiger partial charge in [0.1, 0.15) is 11.4 Å². The molecule has 0 fully saturated rings. The van der Waals surface area contributed by atoms with Gasteiger partial charge in [0.05, 0.1) is 35.4 Å². The Kier molecular flexibility index (Phi) is 9.28. The van der Waals surface area contributed by atoms with Crippen molar-refractivity contribution in [3.8, 4) is 17.1 Å². The van der Waals surface area contributed by atoms with Crippen LogP contribution < -0.4 is 25.6 Å². The molecule has 0 saturated carbocycles. The lowest BCUT2D eigenvalue weighted by atomic mass is 10.1. The summed E-state index contributed by atoms with van der Waals surface area (Å²) in [6.07, 6.45) is 2.78. The molecule has 0 spiro atoms. The van der Waals surface area contributed by atoms with Gasteiger partial charge < -0.3 is 30.5 Å². The van der Waals surface area contributed by atoms with Crippen molar-refractivity contribution in [1.29, 1.82) is 0 Å². The van der Waals surface area contributed by atoms with Crippen LogP contribution in [0.2, 0.25) is 0 Å². The first-order valence-corrected chi connectivity index (χ1v) is 11.8. The first kappa shape index (κ1) is 28.0. The predicted octanol–water partition coefficient (Wildman–Crippen LogP) is 3.05. The molecule has 1 aromatic carbocycles. The quantitative estimate of drug-likeness (QED) is 0.240. The van der Waals surface area contributed by atoms with Crippen molar-refractivity contribution in [1.82, 2.24) is 25.1 Å². The molecule has 3 N–H and O–H groups in total. The van der Waals surface area contributed by atoms with E-state index >= 15 is 0 Å². The molecule has 0 bridgehead atoms. The van der Waals surface area contributed by atoms with E-state index in [-0.39, 0.29) is 17.6 Å². The molecule has 38 heavy (non-hydrogen) atoms. The van der Waals surface area contributed by atoms with E-state index < -0.39 is 0 Å². The molecule has 200 valence electrons. The third-order valence-corrected chi connectivity index (χ3v) is 5.63. The first-order chi connectivity index (χ1) is 18.2. The molecule has 2 aromatic heterocycles. The van der Waals surface area contributed by atoms with Crippen LogP contribution in [0.25, 0.3) is 11.4 Å². The average molecular weight is 520 g/mol. The summed E-state index contributed by atoms with van der Waals surface area (Å²) in [5, 5.41) is 17.2. The fourth-order valence-electron chi connectivity index (χ4n) is 3.56. The minimum absolute atomic E-state index is 0.146. The van der Waals surface area contributed by atoms with Crippen LogP contribution in [0.5, 0.6) is 5.75 Å². The van der Waals surface area contributed by atoms with Crippen LogP contribution in [-0.4, -0.2) is 85.1 Å². The Bertz CT molecular complexity index is 1330. The summed E-state index contributed by atoms with van der Waals surface area (Å²) in [4.78, 5) is 37.2. The van der Waals surface area contributed by atoms with Gasteiger partial charge in [-0.15, -0.1) is 10.2 Å². The number of likely N-dealkylation sites (N-methyl/N-ethyl adjacent to an activating group) is 2. The van der Waals surface area contributed by atoms with E-state index in [4.69, 9.17) is 4.74 Å². The summed E-state index contributed by atoms with van der Waals surface area (Å²) in [5.41, 5.74) is 3.17. The van der Waals surface area contributed by atoms with Crippen molar-refractivity contribution in [2.24, 2.45) is 0 Å². The molecule has 3 rings (SSSR count). The Morgan fingerprint density at radius 3 is 2.47 bits per heavy atom. The standard InChI is InChI=1S/C26H33N9O3/c1-8-24(37)29-20-14-21(23(38-7)15-22(20)35(6)12-11-34(4)5)31-26-28-10-9-18(30-26)19-13-17(16(2)36)25(27-3)33-32-19/h8-10,13-15H,1,11-12H2,2-7H3,(H,27,33)(H,29,37)(H,28,30,31). The molecule has 0 aliphatic carbocycles. The van der Waals surface area contributed by atoms with E-state index in [9.17, 15) is 9.59 Å². The molecular weight excluding hydrogens is 486 g/mol. The van der Waals surface area contributed by atoms with Gasteiger partial charge in [-0.25, -0.2) is 9.97 Å². The molecule has 12 nitrogen and oxygen atoms in total. The molecule has 3 aromatic rings. The van der Waals surface area contributed by atoms with Gasteiger partial charge in [-0.1, -0.05) is 6.58 Å². The fraction of sp³-hybridized carbons (Fsp3) is 0.308. The molecular formula is C26H33N9O3. The van der Waals surface area contributed by atoms with Gasteiger partial charge in [-0.3, -0.25) is 9.59 Å². The highest BCUT2D eigenvalue weighted by Crippen LogP contribution is 2.38. The van der Waals surface area contributed by atoms with Gasteiger partial charge >= 0.3 is 0 Å². The van der Waals surface area contributed by atoms with E-state index in [1.165, 1.54) is 13.0 Å². The predicted molar refractivity (Wildman–Crippen MR) is 150 cm³/mol. The van der Waals surface area contributed by atoms with Crippen molar-refractivity contribution >= 4 is 40.5 Å². The maximum absolute atomic E-state index is 12.2. The number of ketones is 1. The second-order valence-corrected chi connectivity index (χ2v) is 8.68. The highest BCUT2D eigenvalue weighted by atomic mass is 16.5. The van der Waals surface area contributed by atoms with Gasteiger partial charge in [-0.05, 0) is 45.3 Å². The number of benzene rings is 1. The molecule has 0 atom stereocenters. The Morgan fingerprint density at radius 2 is 1.84 bits per heavy atom. The lowest BCUT2D eigenvalue weighted by Crippen LogP contribution is -2.29. The number of anilines is 5. The number of carbonyl (C=O) groups is 2. The molecule has 0 aliphatic heterocycles. The number of ether oxygens (including phenoxy) is 1. The van der Waals surface area contributed by atoms with Crippen molar-refractivity contribution in [3.63, 3.8) is 0 Å². The van der Waals surface area contributed by atoms with Crippen molar-refractivity contribution in [2.75, 3.05) is 69.2 Å². The van der Waals surface area contributed by atoms with Gasteiger partial charge in [0, 0.05) is 39.4 Å². The fourth-order valence-corrected chi connectivity index (χ4v) is 3.56. The zero-order valence-corrected chi connectivity index (χ0v) is 22.5. The first-order valence-electron chi connectivity index (χ1n) is 11.8.